The number of hydrogen-bond acceptors (Lipinski definition) is 3. The number of halogens is 2. The predicted molar refractivity (Wildman–Crippen MR) is 94.4 cm³/mol. The van der Waals surface area contributed by atoms with Crippen molar-refractivity contribution < 1.29 is 4.79 Å². The standard InChI is InChI=1S/C15H31N3O.2ClH/c1-5-12(4)14(16)15(19)18-9-8-13(11-18)10-17(6-2)7-3;;/h12-14H,5-11,16H2,1-4H3;2*1H. The summed E-state index contributed by atoms with van der Waals surface area (Å²) in [5, 5.41) is 0. The molecule has 3 unspecified atom stereocenters. The molecule has 0 bridgehead atoms. The molecule has 6 heteroatoms. The number of carbonyl (C=O) groups is 1. The van der Waals surface area contributed by atoms with Gasteiger partial charge in [0.05, 0.1) is 6.04 Å². The maximum atomic E-state index is 12.3. The van der Waals surface area contributed by atoms with E-state index in [1.54, 1.807) is 0 Å². The number of hydrogen-bond donors (Lipinski definition) is 1. The van der Waals surface area contributed by atoms with Crippen LogP contribution in [-0.4, -0.2) is 54.5 Å². The number of likely N-dealkylation sites (tertiary alicyclic amines) is 1. The predicted octanol–water partition coefficient (Wildman–Crippen LogP) is 2.39. The summed E-state index contributed by atoms with van der Waals surface area (Å²) in [5.41, 5.74) is 6.05. The van der Waals surface area contributed by atoms with Gasteiger partial charge in [-0.1, -0.05) is 34.1 Å². The Hall–Kier alpha value is -0.0300. The van der Waals surface area contributed by atoms with Crippen LogP contribution in [0.15, 0.2) is 0 Å². The molecule has 2 N–H and O–H groups in total. The van der Waals surface area contributed by atoms with E-state index in [1.165, 1.54) is 0 Å². The molecule has 0 spiro atoms. The van der Waals surface area contributed by atoms with E-state index in [1.807, 2.05) is 4.90 Å². The van der Waals surface area contributed by atoms with Gasteiger partial charge in [-0.05, 0) is 31.3 Å². The van der Waals surface area contributed by atoms with E-state index < -0.39 is 0 Å². The molecule has 1 fully saturated rings. The summed E-state index contributed by atoms with van der Waals surface area (Å²) in [6.07, 6.45) is 2.08. The number of nitrogens with zero attached hydrogens (tertiary/aromatic N) is 2. The highest BCUT2D eigenvalue weighted by atomic mass is 35.5. The van der Waals surface area contributed by atoms with Crippen LogP contribution in [0.2, 0.25) is 0 Å². The van der Waals surface area contributed by atoms with Gasteiger partial charge in [0.25, 0.3) is 0 Å². The molecular weight excluding hydrogens is 309 g/mol. The Bertz CT molecular complexity index is 288. The van der Waals surface area contributed by atoms with Crippen LogP contribution in [0.5, 0.6) is 0 Å². The van der Waals surface area contributed by atoms with E-state index in [2.05, 4.69) is 32.6 Å². The summed E-state index contributed by atoms with van der Waals surface area (Å²) in [7, 11) is 0. The van der Waals surface area contributed by atoms with E-state index in [4.69, 9.17) is 5.73 Å². The van der Waals surface area contributed by atoms with Crippen LogP contribution in [0, 0.1) is 11.8 Å². The summed E-state index contributed by atoms with van der Waals surface area (Å²) in [6, 6.07) is -0.322. The van der Waals surface area contributed by atoms with E-state index in [9.17, 15) is 4.79 Å². The quantitative estimate of drug-likeness (QED) is 0.773. The Kier molecular flexibility index (Phi) is 12.8. The molecule has 4 nitrogen and oxygen atoms in total. The van der Waals surface area contributed by atoms with Gasteiger partial charge >= 0.3 is 0 Å². The average molecular weight is 342 g/mol. The second-order valence-electron chi connectivity index (χ2n) is 5.84. The van der Waals surface area contributed by atoms with Gasteiger partial charge < -0.3 is 15.5 Å². The van der Waals surface area contributed by atoms with E-state index >= 15 is 0 Å². The number of amides is 1. The van der Waals surface area contributed by atoms with Crippen LogP contribution in [0.4, 0.5) is 0 Å². The van der Waals surface area contributed by atoms with Crippen LogP contribution in [0.25, 0.3) is 0 Å². The minimum absolute atomic E-state index is 0. The minimum Gasteiger partial charge on any atom is -0.341 e. The fourth-order valence-electron chi connectivity index (χ4n) is 2.74. The number of nitrogens with two attached hydrogens (primary N) is 1. The lowest BCUT2D eigenvalue weighted by Crippen LogP contribution is -2.46. The number of carbonyl (C=O) groups excluding carboxylic acids is 1. The molecule has 1 aliphatic rings. The van der Waals surface area contributed by atoms with Crippen molar-refractivity contribution in [3.8, 4) is 0 Å². The summed E-state index contributed by atoms with van der Waals surface area (Å²) < 4.78 is 0. The first-order valence-corrected chi connectivity index (χ1v) is 7.80. The highest BCUT2D eigenvalue weighted by Crippen LogP contribution is 2.19. The van der Waals surface area contributed by atoms with Gasteiger partial charge in [-0.25, -0.2) is 0 Å². The van der Waals surface area contributed by atoms with Crippen molar-refractivity contribution >= 4 is 30.7 Å². The van der Waals surface area contributed by atoms with Crippen molar-refractivity contribution in [2.45, 2.75) is 46.6 Å². The topological polar surface area (TPSA) is 49.6 Å². The zero-order valence-corrected chi connectivity index (χ0v) is 15.5. The lowest BCUT2D eigenvalue weighted by Gasteiger charge is -2.25. The summed E-state index contributed by atoms with van der Waals surface area (Å²) in [5.74, 6) is 1.04. The van der Waals surface area contributed by atoms with Crippen molar-refractivity contribution in [2.75, 3.05) is 32.7 Å². The third kappa shape index (κ3) is 6.72. The molecule has 1 saturated heterocycles. The van der Waals surface area contributed by atoms with E-state index in [0.29, 0.717) is 5.92 Å². The van der Waals surface area contributed by atoms with Gasteiger partial charge in [-0.15, -0.1) is 24.8 Å². The van der Waals surface area contributed by atoms with Gasteiger partial charge in [-0.3, -0.25) is 4.79 Å². The number of rotatable bonds is 7. The molecule has 1 aliphatic heterocycles. The molecule has 0 aromatic rings. The zero-order valence-electron chi connectivity index (χ0n) is 13.9. The molecule has 21 heavy (non-hydrogen) atoms. The van der Waals surface area contributed by atoms with Gasteiger partial charge in [-0.2, -0.15) is 0 Å². The van der Waals surface area contributed by atoms with Crippen LogP contribution >= 0.6 is 24.8 Å². The van der Waals surface area contributed by atoms with Crippen LogP contribution in [-0.2, 0) is 4.79 Å². The largest absolute Gasteiger partial charge is 0.341 e. The lowest BCUT2D eigenvalue weighted by atomic mass is 9.99. The Morgan fingerprint density at radius 3 is 2.33 bits per heavy atom. The molecular formula is C15H33Cl2N3O. The second kappa shape index (κ2) is 11.5. The van der Waals surface area contributed by atoms with Gasteiger partial charge in [0.2, 0.25) is 5.91 Å². The SMILES string of the molecule is CCC(C)C(N)C(=O)N1CCC(CN(CC)CC)C1.Cl.Cl. The van der Waals surface area contributed by atoms with Crippen LogP contribution < -0.4 is 5.73 Å². The Balaban J connectivity index is 0. The Labute approximate surface area is 142 Å². The van der Waals surface area contributed by atoms with E-state index in [-0.39, 0.29) is 42.7 Å². The normalized spacial score (nSPS) is 20.7. The maximum absolute atomic E-state index is 12.3. The monoisotopic (exact) mass is 341 g/mol. The molecule has 0 aromatic carbocycles. The van der Waals surface area contributed by atoms with Gasteiger partial charge in [0.15, 0.2) is 0 Å². The molecule has 1 heterocycles. The van der Waals surface area contributed by atoms with Crippen LogP contribution in [0.3, 0.4) is 0 Å². The third-order valence-corrected chi connectivity index (χ3v) is 4.55. The molecule has 1 rings (SSSR count). The minimum atomic E-state index is -0.322. The van der Waals surface area contributed by atoms with E-state index in [0.717, 1.165) is 45.6 Å². The van der Waals surface area contributed by atoms with Crippen molar-refractivity contribution in [1.29, 1.82) is 0 Å². The Morgan fingerprint density at radius 1 is 1.29 bits per heavy atom. The van der Waals surface area contributed by atoms with Crippen molar-refractivity contribution in [1.82, 2.24) is 9.80 Å². The first-order valence-electron chi connectivity index (χ1n) is 7.80. The van der Waals surface area contributed by atoms with Gasteiger partial charge in [0, 0.05) is 19.6 Å². The summed E-state index contributed by atoms with van der Waals surface area (Å²) >= 11 is 0. The van der Waals surface area contributed by atoms with Gasteiger partial charge in [0.1, 0.15) is 0 Å². The molecule has 1 amide bonds. The molecule has 0 aromatic heterocycles. The average Bonchev–Trinajstić information content (AvgIpc) is 2.90. The smallest absolute Gasteiger partial charge is 0.239 e. The summed E-state index contributed by atoms with van der Waals surface area (Å²) in [4.78, 5) is 16.7. The molecule has 0 radical (unpaired) electrons. The van der Waals surface area contributed by atoms with Crippen LogP contribution in [0.1, 0.15) is 40.5 Å². The molecule has 0 aliphatic carbocycles. The third-order valence-electron chi connectivity index (χ3n) is 4.55. The zero-order chi connectivity index (χ0) is 14.4. The highest BCUT2D eigenvalue weighted by molar-refractivity contribution is 5.85. The van der Waals surface area contributed by atoms with Crippen molar-refractivity contribution in [2.24, 2.45) is 17.6 Å². The first kappa shape index (κ1) is 23.2. The summed E-state index contributed by atoms with van der Waals surface area (Å²) in [6.45, 7) is 13.6. The maximum Gasteiger partial charge on any atom is 0.239 e. The Morgan fingerprint density at radius 2 is 1.86 bits per heavy atom. The fraction of sp³-hybridized carbons (Fsp3) is 0.933. The van der Waals surface area contributed by atoms with Crippen molar-refractivity contribution in [3.05, 3.63) is 0 Å². The first-order chi connectivity index (χ1) is 9.03. The molecule has 128 valence electrons. The second-order valence-corrected chi connectivity index (χ2v) is 5.84. The highest BCUT2D eigenvalue weighted by Gasteiger charge is 2.31. The molecule has 0 saturated carbocycles. The molecule has 3 atom stereocenters. The van der Waals surface area contributed by atoms with Crippen molar-refractivity contribution in [3.63, 3.8) is 0 Å². The lowest BCUT2D eigenvalue weighted by molar-refractivity contribution is -0.132. The fourth-order valence-corrected chi connectivity index (χ4v) is 2.74.